The van der Waals surface area contributed by atoms with Gasteiger partial charge in [0.15, 0.2) is 0 Å². The maximum Gasteiger partial charge on any atom is 0.124 e. The normalized spacial score (nSPS) is 10.3. The summed E-state index contributed by atoms with van der Waals surface area (Å²) in [6, 6.07) is 5.54. The van der Waals surface area contributed by atoms with Crippen LogP contribution in [0.1, 0.15) is 0 Å². The summed E-state index contributed by atoms with van der Waals surface area (Å²) in [4.78, 5) is 4.16. The first-order valence-electron chi connectivity index (χ1n) is 3.63. The lowest BCUT2D eigenvalue weighted by molar-refractivity contribution is 1.41. The highest BCUT2D eigenvalue weighted by atomic mass is 35.5. The number of hydrogen-bond acceptors (Lipinski definition) is 2. The van der Waals surface area contributed by atoms with Crippen molar-refractivity contribution in [2.24, 2.45) is 0 Å². The van der Waals surface area contributed by atoms with E-state index < -0.39 is 0 Å². The Balaban J connectivity index is 2.59. The summed E-state index contributed by atoms with van der Waals surface area (Å²) in [6.45, 7) is 0. The third-order valence-corrected chi connectivity index (χ3v) is 3.24. The van der Waals surface area contributed by atoms with E-state index in [0.717, 1.165) is 10.6 Å². The molecule has 0 spiro atoms. The van der Waals surface area contributed by atoms with Gasteiger partial charge in [0.25, 0.3) is 0 Å². The first kappa shape index (κ1) is 9.00. The summed E-state index contributed by atoms with van der Waals surface area (Å²) < 4.78 is 0. The van der Waals surface area contributed by atoms with Crippen LogP contribution in [0.5, 0.6) is 0 Å². The van der Waals surface area contributed by atoms with Gasteiger partial charge in [-0.2, -0.15) is 0 Å². The van der Waals surface area contributed by atoms with E-state index in [4.69, 9.17) is 23.2 Å². The lowest BCUT2D eigenvalue weighted by atomic mass is 10.2. The van der Waals surface area contributed by atoms with Crippen LogP contribution in [0.15, 0.2) is 29.8 Å². The molecule has 1 heterocycles. The maximum atomic E-state index is 6.02. The maximum absolute atomic E-state index is 6.02. The van der Waals surface area contributed by atoms with Gasteiger partial charge in [0.2, 0.25) is 0 Å². The van der Waals surface area contributed by atoms with E-state index >= 15 is 0 Å². The Morgan fingerprint density at radius 2 is 2.08 bits per heavy atom. The fourth-order valence-electron chi connectivity index (χ4n) is 1.03. The number of aromatic nitrogens is 1. The van der Waals surface area contributed by atoms with Crippen LogP contribution in [-0.4, -0.2) is 4.98 Å². The molecule has 0 atom stereocenters. The SMILES string of the molecule is Clc1cccc(-c2nccs2)c1Cl. The van der Waals surface area contributed by atoms with Crippen molar-refractivity contribution in [2.45, 2.75) is 0 Å². The van der Waals surface area contributed by atoms with Crippen LogP contribution in [0, 0.1) is 0 Å². The van der Waals surface area contributed by atoms with E-state index in [1.165, 1.54) is 0 Å². The van der Waals surface area contributed by atoms with Gasteiger partial charge in [-0.15, -0.1) is 11.3 Å². The molecule has 66 valence electrons. The van der Waals surface area contributed by atoms with Crippen molar-refractivity contribution in [3.05, 3.63) is 39.8 Å². The Morgan fingerprint density at radius 1 is 1.23 bits per heavy atom. The Kier molecular flexibility index (Phi) is 2.54. The van der Waals surface area contributed by atoms with E-state index in [9.17, 15) is 0 Å². The summed E-state index contributed by atoms with van der Waals surface area (Å²) in [6.07, 6.45) is 1.75. The molecule has 2 rings (SSSR count). The van der Waals surface area contributed by atoms with E-state index in [1.807, 2.05) is 17.5 Å². The number of nitrogens with zero attached hydrogens (tertiary/aromatic N) is 1. The van der Waals surface area contributed by atoms with Crippen LogP contribution in [0.3, 0.4) is 0 Å². The van der Waals surface area contributed by atoms with Crippen molar-refractivity contribution in [2.75, 3.05) is 0 Å². The van der Waals surface area contributed by atoms with Crippen LogP contribution >= 0.6 is 34.5 Å². The standard InChI is InChI=1S/C9H5Cl2NS/c10-7-3-1-2-6(8(7)11)9-12-4-5-13-9/h1-5H. The molecule has 0 fully saturated rings. The van der Waals surface area contributed by atoms with E-state index in [0.29, 0.717) is 10.0 Å². The number of hydrogen-bond donors (Lipinski definition) is 0. The highest BCUT2D eigenvalue weighted by molar-refractivity contribution is 7.13. The minimum atomic E-state index is 0.564. The predicted molar refractivity (Wildman–Crippen MR) is 57.6 cm³/mol. The first-order valence-corrected chi connectivity index (χ1v) is 5.26. The summed E-state index contributed by atoms with van der Waals surface area (Å²) >= 11 is 13.4. The molecule has 0 amide bonds. The second kappa shape index (κ2) is 3.66. The topological polar surface area (TPSA) is 12.9 Å². The first-order chi connectivity index (χ1) is 6.29. The average molecular weight is 230 g/mol. The highest BCUT2D eigenvalue weighted by Crippen LogP contribution is 2.33. The summed E-state index contributed by atoms with van der Waals surface area (Å²) in [7, 11) is 0. The summed E-state index contributed by atoms with van der Waals surface area (Å²) in [5.41, 5.74) is 0.893. The molecule has 2 aromatic rings. The lowest BCUT2D eigenvalue weighted by Gasteiger charge is -2.00. The van der Waals surface area contributed by atoms with Crippen LogP contribution in [0.2, 0.25) is 10.0 Å². The van der Waals surface area contributed by atoms with Crippen molar-refractivity contribution < 1.29 is 0 Å². The van der Waals surface area contributed by atoms with E-state index in [1.54, 1.807) is 23.6 Å². The molecule has 1 aromatic heterocycles. The van der Waals surface area contributed by atoms with Crippen LogP contribution in [-0.2, 0) is 0 Å². The monoisotopic (exact) mass is 229 g/mol. The lowest BCUT2D eigenvalue weighted by Crippen LogP contribution is -1.77. The Hall–Kier alpha value is -0.570. The minimum absolute atomic E-state index is 0.564. The molecule has 0 bridgehead atoms. The largest absolute Gasteiger partial charge is 0.244 e. The smallest absolute Gasteiger partial charge is 0.124 e. The van der Waals surface area contributed by atoms with Crippen LogP contribution < -0.4 is 0 Å². The van der Waals surface area contributed by atoms with Gasteiger partial charge in [0, 0.05) is 17.1 Å². The van der Waals surface area contributed by atoms with Gasteiger partial charge in [0.05, 0.1) is 10.0 Å². The molecule has 4 heteroatoms. The zero-order valence-electron chi connectivity index (χ0n) is 6.50. The van der Waals surface area contributed by atoms with Crippen molar-refractivity contribution in [1.29, 1.82) is 0 Å². The van der Waals surface area contributed by atoms with Crippen molar-refractivity contribution in [3.8, 4) is 10.6 Å². The summed E-state index contributed by atoms with van der Waals surface area (Å²) in [5.74, 6) is 0. The highest BCUT2D eigenvalue weighted by Gasteiger charge is 2.07. The van der Waals surface area contributed by atoms with Gasteiger partial charge in [0.1, 0.15) is 5.01 Å². The zero-order valence-corrected chi connectivity index (χ0v) is 8.83. The molecular weight excluding hydrogens is 225 g/mol. The van der Waals surface area contributed by atoms with E-state index in [2.05, 4.69) is 4.98 Å². The van der Waals surface area contributed by atoms with Crippen molar-refractivity contribution in [1.82, 2.24) is 4.98 Å². The number of thiazole rings is 1. The molecule has 1 nitrogen and oxygen atoms in total. The van der Waals surface area contributed by atoms with Crippen LogP contribution in [0.4, 0.5) is 0 Å². The molecule has 0 saturated carbocycles. The molecule has 0 aliphatic carbocycles. The van der Waals surface area contributed by atoms with Gasteiger partial charge in [-0.25, -0.2) is 4.98 Å². The zero-order chi connectivity index (χ0) is 9.26. The third kappa shape index (κ3) is 1.70. The fraction of sp³-hybridized carbons (Fsp3) is 0. The van der Waals surface area contributed by atoms with E-state index in [-0.39, 0.29) is 0 Å². The fourth-order valence-corrected chi connectivity index (χ4v) is 2.14. The minimum Gasteiger partial charge on any atom is -0.244 e. The van der Waals surface area contributed by atoms with Gasteiger partial charge >= 0.3 is 0 Å². The molecule has 1 aromatic carbocycles. The Morgan fingerprint density at radius 3 is 2.77 bits per heavy atom. The predicted octanol–water partition coefficient (Wildman–Crippen LogP) is 4.12. The summed E-state index contributed by atoms with van der Waals surface area (Å²) in [5, 5.41) is 3.94. The molecule has 0 radical (unpaired) electrons. The number of rotatable bonds is 1. The van der Waals surface area contributed by atoms with Crippen molar-refractivity contribution >= 4 is 34.5 Å². The van der Waals surface area contributed by atoms with Gasteiger partial charge in [-0.1, -0.05) is 35.3 Å². The van der Waals surface area contributed by atoms with Gasteiger partial charge in [-0.05, 0) is 6.07 Å². The van der Waals surface area contributed by atoms with Crippen molar-refractivity contribution in [3.63, 3.8) is 0 Å². The molecule has 13 heavy (non-hydrogen) atoms. The average Bonchev–Trinajstić information content (AvgIpc) is 2.62. The van der Waals surface area contributed by atoms with Gasteiger partial charge < -0.3 is 0 Å². The Labute approximate surface area is 90.0 Å². The molecule has 0 N–H and O–H groups in total. The second-order valence-electron chi connectivity index (χ2n) is 2.44. The quantitative estimate of drug-likeness (QED) is 0.718. The molecule has 0 aliphatic heterocycles. The second-order valence-corrected chi connectivity index (χ2v) is 4.12. The number of benzene rings is 1. The molecule has 0 saturated heterocycles. The molecule has 0 aliphatic rings. The Bertz CT molecular complexity index is 412. The number of halogens is 2. The van der Waals surface area contributed by atoms with Gasteiger partial charge in [-0.3, -0.25) is 0 Å². The third-order valence-electron chi connectivity index (χ3n) is 1.61. The van der Waals surface area contributed by atoms with Crippen LogP contribution in [0.25, 0.3) is 10.6 Å². The molecule has 0 unspecified atom stereocenters. The molecular formula is C9H5Cl2NS.